The molecule has 126 valence electrons. The van der Waals surface area contributed by atoms with Crippen molar-refractivity contribution >= 4 is 5.69 Å². The van der Waals surface area contributed by atoms with Crippen LogP contribution in [0.2, 0.25) is 0 Å². The van der Waals surface area contributed by atoms with E-state index in [0.29, 0.717) is 29.6 Å². The van der Waals surface area contributed by atoms with E-state index in [4.69, 9.17) is 10.5 Å². The molecule has 0 aliphatic rings. The molecule has 0 unspecified atom stereocenters. The van der Waals surface area contributed by atoms with Crippen LogP contribution in [0.25, 0.3) is 0 Å². The summed E-state index contributed by atoms with van der Waals surface area (Å²) in [5.74, 6) is 0.798. The average molecular weight is 335 g/mol. The highest BCUT2D eigenvalue weighted by Crippen LogP contribution is 2.33. The number of nitrogen functional groups attached to an aromatic ring is 1. The Kier molecular flexibility index (Phi) is 4.44. The van der Waals surface area contributed by atoms with Gasteiger partial charge in [-0.1, -0.05) is 24.3 Å². The Morgan fingerprint density at radius 3 is 2.52 bits per heavy atom. The van der Waals surface area contributed by atoms with Crippen molar-refractivity contribution in [3.05, 3.63) is 76.7 Å². The first-order valence-corrected chi connectivity index (χ1v) is 7.86. The molecule has 3 rings (SSSR count). The van der Waals surface area contributed by atoms with Gasteiger partial charge in [-0.2, -0.15) is 5.26 Å². The van der Waals surface area contributed by atoms with Crippen LogP contribution in [0.5, 0.6) is 11.6 Å². The van der Waals surface area contributed by atoms with Crippen LogP contribution in [0.1, 0.15) is 22.4 Å². The van der Waals surface area contributed by atoms with Gasteiger partial charge in [-0.3, -0.25) is 4.57 Å². The van der Waals surface area contributed by atoms with Crippen molar-refractivity contribution in [2.45, 2.75) is 20.4 Å². The Morgan fingerprint density at radius 2 is 1.84 bits per heavy atom. The van der Waals surface area contributed by atoms with Gasteiger partial charge in [0.1, 0.15) is 23.3 Å². The number of ether oxygens (including phenoxy) is 1. The molecule has 0 spiro atoms. The number of rotatable bonds is 4. The molecule has 0 aliphatic carbocycles. The summed E-state index contributed by atoms with van der Waals surface area (Å²) < 4.78 is 20.9. The van der Waals surface area contributed by atoms with E-state index in [9.17, 15) is 9.65 Å². The van der Waals surface area contributed by atoms with E-state index >= 15 is 0 Å². The van der Waals surface area contributed by atoms with Crippen LogP contribution in [0.4, 0.5) is 10.1 Å². The summed E-state index contributed by atoms with van der Waals surface area (Å²) in [6.07, 6.45) is 0. The Hall–Kier alpha value is -3.26. The van der Waals surface area contributed by atoms with Gasteiger partial charge in [-0.25, -0.2) is 4.39 Å². The lowest BCUT2D eigenvalue weighted by molar-refractivity contribution is 0.434. The molecule has 4 nitrogen and oxygen atoms in total. The fourth-order valence-corrected chi connectivity index (χ4v) is 2.61. The summed E-state index contributed by atoms with van der Waals surface area (Å²) in [5, 5.41) is 9.40. The summed E-state index contributed by atoms with van der Waals surface area (Å²) in [7, 11) is 0. The van der Waals surface area contributed by atoms with Crippen LogP contribution in [0.15, 0.2) is 48.5 Å². The molecule has 3 aromatic rings. The third-order valence-electron chi connectivity index (χ3n) is 3.99. The normalized spacial score (nSPS) is 10.5. The average Bonchev–Trinajstić information content (AvgIpc) is 2.88. The zero-order valence-corrected chi connectivity index (χ0v) is 14.1. The topological polar surface area (TPSA) is 64.0 Å². The first-order chi connectivity index (χ1) is 12.0. The van der Waals surface area contributed by atoms with Crippen molar-refractivity contribution in [2.75, 3.05) is 5.73 Å². The fourth-order valence-electron chi connectivity index (χ4n) is 2.61. The van der Waals surface area contributed by atoms with Crippen LogP contribution in [-0.2, 0) is 6.54 Å². The molecule has 0 amide bonds. The zero-order valence-electron chi connectivity index (χ0n) is 14.1. The highest BCUT2D eigenvalue weighted by atomic mass is 19.1. The fraction of sp³-hybridized carbons (Fsp3) is 0.150. The number of benzene rings is 2. The summed E-state index contributed by atoms with van der Waals surface area (Å²) in [5.41, 5.74) is 9.74. The molecule has 1 aromatic heterocycles. The minimum Gasteiger partial charge on any atom is -0.438 e. The molecule has 0 bridgehead atoms. The second kappa shape index (κ2) is 6.70. The number of anilines is 1. The molecule has 0 saturated carbocycles. The molecule has 0 aliphatic heterocycles. The van der Waals surface area contributed by atoms with Crippen LogP contribution in [0.3, 0.4) is 0 Å². The lowest BCUT2D eigenvalue weighted by Gasteiger charge is -2.14. The first-order valence-electron chi connectivity index (χ1n) is 7.86. The number of aryl methyl sites for hydroxylation is 2. The summed E-state index contributed by atoms with van der Waals surface area (Å²) >= 11 is 0. The molecular weight excluding hydrogens is 317 g/mol. The van der Waals surface area contributed by atoms with E-state index in [0.717, 1.165) is 16.7 Å². The Balaban J connectivity index is 2.01. The Morgan fingerprint density at radius 1 is 1.12 bits per heavy atom. The lowest BCUT2D eigenvalue weighted by atomic mass is 10.1. The minimum absolute atomic E-state index is 0.303. The number of nitriles is 1. The van der Waals surface area contributed by atoms with Crippen molar-refractivity contribution in [1.82, 2.24) is 4.57 Å². The minimum atomic E-state index is -0.303. The van der Waals surface area contributed by atoms with E-state index in [1.54, 1.807) is 22.8 Å². The maximum Gasteiger partial charge on any atom is 0.224 e. The Bertz CT molecular complexity index is 952. The maximum atomic E-state index is 13.1. The van der Waals surface area contributed by atoms with Gasteiger partial charge in [0.25, 0.3) is 0 Å². The van der Waals surface area contributed by atoms with Gasteiger partial charge in [-0.05, 0) is 48.7 Å². The number of hydrogen-bond donors (Lipinski definition) is 1. The van der Waals surface area contributed by atoms with Gasteiger partial charge < -0.3 is 10.5 Å². The predicted molar refractivity (Wildman–Crippen MR) is 95.1 cm³/mol. The monoisotopic (exact) mass is 335 g/mol. The van der Waals surface area contributed by atoms with E-state index in [1.807, 2.05) is 32.0 Å². The zero-order chi connectivity index (χ0) is 18.0. The molecule has 2 N–H and O–H groups in total. The highest BCUT2D eigenvalue weighted by Gasteiger charge is 2.17. The van der Waals surface area contributed by atoms with Crippen molar-refractivity contribution < 1.29 is 9.13 Å². The predicted octanol–water partition coefficient (Wildman–Crippen LogP) is 4.54. The molecule has 1 heterocycles. The number of nitrogens with two attached hydrogens (primary N) is 1. The van der Waals surface area contributed by atoms with Crippen LogP contribution < -0.4 is 10.5 Å². The maximum absolute atomic E-state index is 13.1. The number of hydrogen-bond acceptors (Lipinski definition) is 3. The second-order valence-electron chi connectivity index (χ2n) is 5.99. The van der Waals surface area contributed by atoms with Gasteiger partial charge >= 0.3 is 0 Å². The Labute approximate surface area is 145 Å². The molecule has 25 heavy (non-hydrogen) atoms. The van der Waals surface area contributed by atoms with E-state index < -0.39 is 0 Å². The molecule has 5 heteroatoms. The molecule has 0 atom stereocenters. The number of nitrogens with zero attached hydrogens (tertiary/aromatic N) is 2. The smallest absolute Gasteiger partial charge is 0.224 e. The quantitative estimate of drug-likeness (QED) is 0.761. The lowest BCUT2D eigenvalue weighted by Crippen LogP contribution is -2.05. The van der Waals surface area contributed by atoms with Crippen molar-refractivity contribution in [2.24, 2.45) is 0 Å². The first kappa shape index (κ1) is 16.6. The molecule has 0 saturated heterocycles. The third kappa shape index (κ3) is 3.48. The summed E-state index contributed by atoms with van der Waals surface area (Å²) in [6.45, 7) is 4.29. The SMILES string of the molecule is Cc1ccc(C)c(Oc2c(N)cc(C#N)n2Cc2ccc(F)cc2)c1. The van der Waals surface area contributed by atoms with Crippen LogP contribution in [-0.4, -0.2) is 4.57 Å². The van der Waals surface area contributed by atoms with Gasteiger partial charge in [0.15, 0.2) is 0 Å². The molecular formula is C20H18FN3O. The van der Waals surface area contributed by atoms with E-state index in [-0.39, 0.29) is 5.82 Å². The third-order valence-corrected chi connectivity index (χ3v) is 3.99. The van der Waals surface area contributed by atoms with Crippen molar-refractivity contribution in [1.29, 1.82) is 5.26 Å². The van der Waals surface area contributed by atoms with Gasteiger partial charge in [-0.15, -0.1) is 0 Å². The standard InChI is InChI=1S/C20H18FN3O/c1-13-3-4-14(2)19(9-13)25-20-18(23)10-17(11-22)24(20)12-15-5-7-16(21)8-6-15/h3-10H,12,23H2,1-2H3. The van der Waals surface area contributed by atoms with Crippen LogP contribution in [0, 0.1) is 31.0 Å². The molecule has 0 fully saturated rings. The number of aromatic nitrogens is 1. The van der Waals surface area contributed by atoms with Crippen LogP contribution >= 0.6 is 0 Å². The molecule has 2 aromatic carbocycles. The van der Waals surface area contributed by atoms with Gasteiger partial charge in [0, 0.05) is 6.07 Å². The summed E-state index contributed by atoms with van der Waals surface area (Å²) in [4.78, 5) is 0. The van der Waals surface area contributed by atoms with E-state index in [1.165, 1.54) is 12.1 Å². The number of halogens is 1. The second-order valence-corrected chi connectivity index (χ2v) is 5.99. The molecule has 0 radical (unpaired) electrons. The largest absolute Gasteiger partial charge is 0.438 e. The van der Waals surface area contributed by atoms with Gasteiger partial charge in [0.05, 0.1) is 12.2 Å². The highest BCUT2D eigenvalue weighted by molar-refractivity contribution is 5.57. The van der Waals surface area contributed by atoms with E-state index in [2.05, 4.69) is 6.07 Å². The summed E-state index contributed by atoms with van der Waals surface area (Å²) in [6, 6.07) is 15.7. The van der Waals surface area contributed by atoms with Gasteiger partial charge in [0.2, 0.25) is 5.88 Å². The van der Waals surface area contributed by atoms with Crippen molar-refractivity contribution in [3.63, 3.8) is 0 Å². The van der Waals surface area contributed by atoms with Crippen molar-refractivity contribution in [3.8, 4) is 17.7 Å².